The first-order valence-corrected chi connectivity index (χ1v) is 9.73. The van der Waals surface area contributed by atoms with Crippen LogP contribution in [-0.4, -0.2) is 19.1 Å². The number of ether oxygens (including phenoxy) is 1. The van der Waals surface area contributed by atoms with E-state index in [1.165, 1.54) is 5.56 Å². The third kappa shape index (κ3) is 5.46. The number of nitrogens with one attached hydrogen (secondary N) is 1. The number of aryl methyl sites for hydroxylation is 4. The summed E-state index contributed by atoms with van der Waals surface area (Å²) in [5.41, 5.74) is 5.35. The van der Waals surface area contributed by atoms with E-state index in [2.05, 4.69) is 23.5 Å². The Bertz CT molecular complexity index is 919. The highest BCUT2D eigenvalue weighted by Crippen LogP contribution is 2.18. The summed E-state index contributed by atoms with van der Waals surface area (Å²) in [5.74, 6) is 0.825. The molecular formula is C25H27NO2. The summed E-state index contributed by atoms with van der Waals surface area (Å²) in [6, 6.07) is 24.3. The second kappa shape index (κ2) is 9.75. The number of hydrogen-bond acceptors (Lipinski definition) is 2. The van der Waals surface area contributed by atoms with Gasteiger partial charge < -0.3 is 10.1 Å². The molecule has 0 saturated carbocycles. The first-order valence-electron chi connectivity index (χ1n) is 9.73. The smallest absolute Gasteiger partial charge is 0.251 e. The van der Waals surface area contributed by atoms with Gasteiger partial charge in [-0.2, -0.15) is 0 Å². The van der Waals surface area contributed by atoms with Crippen LogP contribution in [0.25, 0.3) is 0 Å². The fraction of sp³-hybridized carbons (Fsp3) is 0.240. The number of benzene rings is 3. The predicted octanol–water partition coefficient (Wildman–Crippen LogP) is 4.90. The van der Waals surface area contributed by atoms with Gasteiger partial charge in [-0.1, -0.05) is 60.7 Å². The van der Waals surface area contributed by atoms with Gasteiger partial charge in [0.15, 0.2) is 0 Å². The lowest BCUT2D eigenvalue weighted by molar-refractivity contribution is 0.0946. The van der Waals surface area contributed by atoms with Gasteiger partial charge >= 0.3 is 0 Å². The summed E-state index contributed by atoms with van der Waals surface area (Å²) in [6.45, 7) is 4.98. The van der Waals surface area contributed by atoms with E-state index in [9.17, 15) is 4.79 Å². The Balaban J connectivity index is 1.53. The van der Waals surface area contributed by atoms with Gasteiger partial charge in [0.2, 0.25) is 0 Å². The maximum atomic E-state index is 12.6. The van der Waals surface area contributed by atoms with Gasteiger partial charge in [-0.15, -0.1) is 0 Å². The summed E-state index contributed by atoms with van der Waals surface area (Å²) in [7, 11) is 0. The van der Waals surface area contributed by atoms with Gasteiger partial charge in [0.1, 0.15) is 12.4 Å². The van der Waals surface area contributed by atoms with Crippen LogP contribution >= 0.6 is 0 Å². The molecule has 0 aliphatic carbocycles. The molecule has 0 fully saturated rings. The summed E-state index contributed by atoms with van der Waals surface area (Å²) in [5, 5.41) is 2.98. The van der Waals surface area contributed by atoms with Crippen molar-refractivity contribution in [2.24, 2.45) is 0 Å². The molecule has 0 saturated heterocycles. The number of carbonyl (C=O) groups excluding carboxylic acids is 1. The molecule has 3 nitrogen and oxygen atoms in total. The van der Waals surface area contributed by atoms with Crippen molar-refractivity contribution in [3.05, 3.63) is 101 Å². The van der Waals surface area contributed by atoms with Crippen molar-refractivity contribution in [3.8, 4) is 5.75 Å². The largest absolute Gasteiger partial charge is 0.491 e. The average Bonchev–Trinajstić information content (AvgIpc) is 2.73. The van der Waals surface area contributed by atoms with Gasteiger partial charge in [0, 0.05) is 5.56 Å². The molecule has 1 N–H and O–H groups in total. The third-order valence-electron chi connectivity index (χ3n) is 4.78. The molecular weight excluding hydrogens is 346 g/mol. The van der Waals surface area contributed by atoms with Gasteiger partial charge in [0.25, 0.3) is 5.91 Å². The highest BCUT2D eigenvalue weighted by atomic mass is 16.5. The van der Waals surface area contributed by atoms with Gasteiger partial charge in [-0.05, 0) is 61.1 Å². The second-order valence-corrected chi connectivity index (χ2v) is 7.02. The van der Waals surface area contributed by atoms with E-state index in [4.69, 9.17) is 4.74 Å². The van der Waals surface area contributed by atoms with Crippen LogP contribution < -0.4 is 10.1 Å². The molecule has 144 valence electrons. The topological polar surface area (TPSA) is 38.3 Å². The molecule has 0 aliphatic heterocycles. The Morgan fingerprint density at radius 1 is 0.893 bits per heavy atom. The predicted molar refractivity (Wildman–Crippen MR) is 114 cm³/mol. The van der Waals surface area contributed by atoms with Crippen LogP contribution in [0, 0.1) is 13.8 Å². The Labute approximate surface area is 167 Å². The Morgan fingerprint density at radius 2 is 1.64 bits per heavy atom. The molecule has 3 aromatic rings. The maximum Gasteiger partial charge on any atom is 0.251 e. The maximum absolute atomic E-state index is 12.6. The monoisotopic (exact) mass is 373 g/mol. The van der Waals surface area contributed by atoms with Gasteiger partial charge in [0.05, 0.1) is 6.54 Å². The van der Waals surface area contributed by atoms with Crippen LogP contribution in [0.15, 0.2) is 72.8 Å². The van der Waals surface area contributed by atoms with E-state index < -0.39 is 0 Å². The molecule has 0 spiro atoms. The van der Waals surface area contributed by atoms with Crippen LogP contribution in [0.5, 0.6) is 5.75 Å². The highest BCUT2D eigenvalue weighted by molar-refractivity contribution is 5.95. The summed E-state index contributed by atoms with van der Waals surface area (Å²) < 4.78 is 5.82. The molecule has 0 atom stereocenters. The first-order chi connectivity index (χ1) is 13.6. The van der Waals surface area contributed by atoms with E-state index in [0.717, 1.165) is 40.8 Å². The zero-order valence-electron chi connectivity index (χ0n) is 16.6. The lowest BCUT2D eigenvalue weighted by Gasteiger charge is -2.12. The minimum atomic E-state index is -0.0479. The molecule has 0 heterocycles. The fourth-order valence-electron chi connectivity index (χ4n) is 3.17. The molecule has 0 bridgehead atoms. The third-order valence-corrected chi connectivity index (χ3v) is 4.78. The van der Waals surface area contributed by atoms with Crippen LogP contribution in [0.4, 0.5) is 0 Å². The van der Waals surface area contributed by atoms with Gasteiger partial charge in [-0.25, -0.2) is 0 Å². The van der Waals surface area contributed by atoms with Crippen LogP contribution in [-0.2, 0) is 12.8 Å². The molecule has 3 aromatic carbocycles. The number of amides is 1. The van der Waals surface area contributed by atoms with Crippen LogP contribution in [0.2, 0.25) is 0 Å². The molecule has 0 aliphatic rings. The SMILES string of the molecule is Cc1ccc(C)c(OCCNC(=O)c2ccccc2CCc2ccccc2)c1. The molecule has 0 radical (unpaired) electrons. The van der Waals surface area contributed by atoms with E-state index in [-0.39, 0.29) is 5.91 Å². The van der Waals surface area contributed by atoms with Crippen molar-refractivity contribution in [3.63, 3.8) is 0 Å². The van der Waals surface area contributed by atoms with E-state index in [1.54, 1.807) is 0 Å². The molecule has 0 unspecified atom stereocenters. The van der Waals surface area contributed by atoms with Crippen molar-refractivity contribution in [2.75, 3.05) is 13.2 Å². The highest BCUT2D eigenvalue weighted by Gasteiger charge is 2.10. The van der Waals surface area contributed by atoms with E-state index in [1.807, 2.05) is 68.4 Å². The number of rotatable bonds is 8. The van der Waals surface area contributed by atoms with Crippen molar-refractivity contribution >= 4 is 5.91 Å². The lowest BCUT2D eigenvalue weighted by Crippen LogP contribution is -2.29. The van der Waals surface area contributed by atoms with Crippen molar-refractivity contribution in [1.82, 2.24) is 5.32 Å². The minimum absolute atomic E-state index is 0.0479. The zero-order valence-corrected chi connectivity index (χ0v) is 16.6. The molecule has 28 heavy (non-hydrogen) atoms. The Kier molecular flexibility index (Phi) is 6.85. The molecule has 3 heteroatoms. The van der Waals surface area contributed by atoms with Crippen molar-refractivity contribution in [2.45, 2.75) is 26.7 Å². The Hall–Kier alpha value is -3.07. The van der Waals surface area contributed by atoms with E-state index >= 15 is 0 Å². The fourth-order valence-corrected chi connectivity index (χ4v) is 3.17. The van der Waals surface area contributed by atoms with E-state index in [0.29, 0.717) is 13.2 Å². The lowest BCUT2D eigenvalue weighted by atomic mass is 9.99. The van der Waals surface area contributed by atoms with Crippen molar-refractivity contribution in [1.29, 1.82) is 0 Å². The molecule has 0 aromatic heterocycles. The summed E-state index contributed by atoms with van der Waals surface area (Å²) in [6.07, 6.45) is 1.76. The number of hydrogen-bond donors (Lipinski definition) is 1. The van der Waals surface area contributed by atoms with Crippen molar-refractivity contribution < 1.29 is 9.53 Å². The van der Waals surface area contributed by atoms with Gasteiger partial charge in [-0.3, -0.25) is 4.79 Å². The summed E-state index contributed by atoms with van der Waals surface area (Å²) in [4.78, 5) is 12.6. The second-order valence-electron chi connectivity index (χ2n) is 7.02. The average molecular weight is 373 g/mol. The zero-order chi connectivity index (χ0) is 19.8. The number of carbonyl (C=O) groups is 1. The molecule has 3 rings (SSSR count). The standard InChI is InChI=1S/C25H27NO2/c1-19-12-13-20(2)24(18-19)28-17-16-26-25(27)23-11-7-6-10-22(23)15-14-21-8-4-3-5-9-21/h3-13,18H,14-17H2,1-2H3,(H,26,27). The quantitative estimate of drug-likeness (QED) is 0.571. The van der Waals surface area contributed by atoms with Crippen LogP contribution in [0.3, 0.4) is 0 Å². The normalized spacial score (nSPS) is 10.5. The summed E-state index contributed by atoms with van der Waals surface area (Å²) >= 11 is 0. The Morgan fingerprint density at radius 3 is 2.46 bits per heavy atom. The first kappa shape index (κ1) is 19.7. The minimum Gasteiger partial charge on any atom is -0.491 e. The van der Waals surface area contributed by atoms with Crippen LogP contribution in [0.1, 0.15) is 32.6 Å². The molecule has 1 amide bonds.